The summed E-state index contributed by atoms with van der Waals surface area (Å²) in [6.45, 7) is 4.39. The lowest BCUT2D eigenvalue weighted by Crippen LogP contribution is -2.71. The van der Waals surface area contributed by atoms with Crippen molar-refractivity contribution in [2.75, 3.05) is 38.1 Å². The Balaban J connectivity index is 1.65. The Morgan fingerprint density at radius 3 is 2.53 bits per heavy atom. The van der Waals surface area contributed by atoms with Gasteiger partial charge in [0.1, 0.15) is 0 Å². The molecule has 2 fully saturated rings. The van der Waals surface area contributed by atoms with Gasteiger partial charge in [-0.1, -0.05) is 0 Å². The quantitative estimate of drug-likeness (QED) is 0.558. The molecular weight excluding hydrogens is 220 g/mol. The van der Waals surface area contributed by atoms with Crippen molar-refractivity contribution in [1.82, 2.24) is 9.88 Å². The summed E-state index contributed by atoms with van der Waals surface area (Å²) in [7, 11) is 2.13. The molecule has 6 nitrogen and oxygen atoms in total. The molecule has 0 saturated carbocycles. The second-order valence-electron chi connectivity index (χ2n) is 5.16. The molecule has 0 bridgehead atoms. The number of hydrogen-bond donors (Lipinski definition) is 0. The minimum Gasteiger partial charge on any atom is -0.367 e. The zero-order chi connectivity index (χ0) is 12.0. The van der Waals surface area contributed by atoms with Crippen LogP contribution in [-0.4, -0.2) is 48.0 Å². The van der Waals surface area contributed by atoms with E-state index in [9.17, 15) is 10.1 Å². The summed E-state index contributed by atoms with van der Waals surface area (Å²) in [6, 6.07) is 3.24. The molecule has 6 heteroatoms. The molecule has 17 heavy (non-hydrogen) atoms. The van der Waals surface area contributed by atoms with E-state index in [1.165, 1.54) is 6.07 Å². The van der Waals surface area contributed by atoms with Gasteiger partial charge in [-0.2, -0.15) is 0 Å². The molecule has 2 saturated heterocycles. The lowest BCUT2D eigenvalue weighted by atomic mass is 9.73. The van der Waals surface area contributed by atoms with E-state index in [0.717, 1.165) is 31.9 Å². The first kappa shape index (κ1) is 10.5. The third-order valence-corrected chi connectivity index (χ3v) is 3.55. The molecule has 0 N–H and O–H groups in total. The van der Waals surface area contributed by atoms with Crippen molar-refractivity contribution in [3.63, 3.8) is 0 Å². The monoisotopic (exact) mass is 234 g/mol. The summed E-state index contributed by atoms with van der Waals surface area (Å²) < 4.78 is 0. The second-order valence-corrected chi connectivity index (χ2v) is 5.16. The van der Waals surface area contributed by atoms with Gasteiger partial charge < -0.3 is 19.9 Å². The van der Waals surface area contributed by atoms with Crippen molar-refractivity contribution < 1.29 is 4.92 Å². The molecule has 2 aliphatic heterocycles. The third-order valence-electron chi connectivity index (χ3n) is 3.55. The fourth-order valence-corrected chi connectivity index (χ4v) is 2.92. The number of aromatic nitrogens is 1. The van der Waals surface area contributed by atoms with Crippen LogP contribution in [0.5, 0.6) is 0 Å². The van der Waals surface area contributed by atoms with Crippen LogP contribution in [-0.2, 0) is 0 Å². The van der Waals surface area contributed by atoms with Crippen molar-refractivity contribution in [3.05, 3.63) is 28.4 Å². The maximum absolute atomic E-state index is 10.5. The van der Waals surface area contributed by atoms with Crippen LogP contribution < -0.4 is 4.90 Å². The smallest absolute Gasteiger partial charge is 0.363 e. The van der Waals surface area contributed by atoms with Gasteiger partial charge >= 0.3 is 5.82 Å². The Hall–Kier alpha value is -1.69. The highest BCUT2D eigenvalue weighted by Crippen LogP contribution is 2.40. The van der Waals surface area contributed by atoms with Gasteiger partial charge in [0.05, 0.1) is 5.69 Å². The van der Waals surface area contributed by atoms with Crippen LogP contribution in [0.15, 0.2) is 18.3 Å². The Bertz CT molecular complexity index is 445. The maximum atomic E-state index is 10.5. The van der Waals surface area contributed by atoms with Crippen LogP contribution in [0.3, 0.4) is 0 Å². The summed E-state index contributed by atoms with van der Waals surface area (Å²) >= 11 is 0. The highest BCUT2D eigenvalue weighted by atomic mass is 16.6. The van der Waals surface area contributed by atoms with Gasteiger partial charge in [0.15, 0.2) is 6.20 Å². The molecule has 0 amide bonds. The van der Waals surface area contributed by atoms with E-state index in [0.29, 0.717) is 5.41 Å². The van der Waals surface area contributed by atoms with Crippen molar-refractivity contribution in [3.8, 4) is 0 Å². The fourth-order valence-electron chi connectivity index (χ4n) is 2.92. The van der Waals surface area contributed by atoms with Crippen LogP contribution in [0.2, 0.25) is 0 Å². The van der Waals surface area contributed by atoms with Crippen LogP contribution in [0.4, 0.5) is 11.5 Å². The average molecular weight is 234 g/mol. The van der Waals surface area contributed by atoms with Gasteiger partial charge in [-0.05, 0) is 23.0 Å². The highest BCUT2D eigenvalue weighted by Gasteiger charge is 2.50. The van der Waals surface area contributed by atoms with E-state index in [1.54, 1.807) is 12.3 Å². The van der Waals surface area contributed by atoms with Crippen molar-refractivity contribution in [2.45, 2.75) is 0 Å². The number of rotatable bonds is 2. The number of pyridine rings is 1. The lowest BCUT2D eigenvalue weighted by molar-refractivity contribution is -0.389. The predicted octanol–water partition coefficient (Wildman–Crippen LogP) is 0.742. The summed E-state index contributed by atoms with van der Waals surface area (Å²) in [4.78, 5) is 18.4. The summed E-state index contributed by atoms with van der Waals surface area (Å²) in [5.74, 6) is -0.0904. The number of likely N-dealkylation sites (tertiary alicyclic amines) is 1. The molecule has 3 heterocycles. The van der Waals surface area contributed by atoms with Gasteiger partial charge in [-0.15, -0.1) is 0 Å². The van der Waals surface area contributed by atoms with Crippen LogP contribution >= 0.6 is 0 Å². The Labute approximate surface area is 99.0 Å². The Kier molecular flexibility index (Phi) is 2.09. The molecule has 1 aromatic heterocycles. The first-order chi connectivity index (χ1) is 8.08. The van der Waals surface area contributed by atoms with Crippen molar-refractivity contribution >= 4 is 11.5 Å². The molecule has 0 aromatic carbocycles. The first-order valence-corrected chi connectivity index (χ1v) is 5.62. The van der Waals surface area contributed by atoms with Crippen molar-refractivity contribution in [1.29, 1.82) is 0 Å². The molecule has 3 rings (SSSR count). The standard InChI is InChI=1S/C11H14N4O2/c1-13-5-11(6-13)7-14(8-11)9-2-3-10(12-4-9)15(16)17/h2-4H,5-8H2,1H3. The molecule has 0 radical (unpaired) electrons. The zero-order valence-corrected chi connectivity index (χ0v) is 9.67. The molecule has 0 aliphatic carbocycles. The molecule has 0 unspecified atom stereocenters. The SMILES string of the molecule is CN1CC2(C1)CN(c1ccc([N+](=O)[O-])nc1)C2. The van der Waals surface area contributed by atoms with Gasteiger partial charge in [0, 0.05) is 37.7 Å². The number of anilines is 1. The maximum Gasteiger partial charge on any atom is 0.363 e. The molecule has 2 aliphatic rings. The van der Waals surface area contributed by atoms with E-state index in [-0.39, 0.29) is 5.82 Å². The van der Waals surface area contributed by atoms with E-state index in [4.69, 9.17) is 0 Å². The van der Waals surface area contributed by atoms with Crippen molar-refractivity contribution in [2.24, 2.45) is 5.41 Å². The van der Waals surface area contributed by atoms with Crippen LogP contribution in [0.25, 0.3) is 0 Å². The zero-order valence-electron chi connectivity index (χ0n) is 9.67. The van der Waals surface area contributed by atoms with Gasteiger partial charge in [0.25, 0.3) is 0 Å². The first-order valence-electron chi connectivity index (χ1n) is 5.62. The Morgan fingerprint density at radius 1 is 1.35 bits per heavy atom. The van der Waals surface area contributed by atoms with E-state index in [1.807, 2.05) is 0 Å². The molecule has 1 aromatic rings. The number of nitrogens with zero attached hydrogens (tertiary/aromatic N) is 4. The molecular formula is C11H14N4O2. The Morgan fingerprint density at radius 2 is 2.06 bits per heavy atom. The predicted molar refractivity (Wildman–Crippen MR) is 63.0 cm³/mol. The topological polar surface area (TPSA) is 62.5 Å². The van der Waals surface area contributed by atoms with Gasteiger partial charge in [0.2, 0.25) is 0 Å². The van der Waals surface area contributed by atoms with Gasteiger partial charge in [-0.3, -0.25) is 0 Å². The fraction of sp³-hybridized carbons (Fsp3) is 0.545. The normalized spacial score (nSPS) is 22.1. The number of hydrogen-bond acceptors (Lipinski definition) is 5. The molecule has 0 atom stereocenters. The summed E-state index contributed by atoms with van der Waals surface area (Å²) in [5, 5.41) is 10.5. The van der Waals surface area contributed by atoms with E-state index in [2.05, 4.69) is 21.8 Å². The minimum absolute atomic E-state index is 0.0904. The van der Waals surface area contributed by atoms with Crippen LogP contribution in [0.1, 0.15) is 0 Å². The summed E-state index contributed by atoms with van der Waals surface area (Å²) in [6.07, 6.45) is 1.59. The summed E-state index contributed by atoms with van der Waals surface area (Å²) in [5.41, 5.74) is 1.45. The second kappa shape index (κ2) is 3.40. The van der Waals surface area contributed by atoms with E-state index < -0.39 is 4.92 Å². The lowest BCUT2D eigenvalue weighted by Gasteiger charge is -2.60. The average Bonchev–Trinajstić information content (AvgIpc) is 2.21. The molecule has 90 valence electrons. The minimum atomic E-state index is -0.470. The highest BCUT2D eigenvalue weighted by molar-refractivity contribution is 5.50. The van der Waals surface area contributed by atoms with Gasteiger partial charge in [-0.25, -0.2) is 0 Å². The van der Waals surface area contributed by atoms with Crippen LogP contribution in [0, 0.1) is 15.5 Å². The van der Waals surface area contributed by atoms with E-state index >= 15 is 0 Å². The third kappa shape index (κ3) is 1.64. The molecule has 1 spiro atoms. The largest absolute Gasteiger partial charge is 0.367 e. The number of nitro groups is 1.